The van der Waals surface area contributed by atoms with E-state index in [1.54, 1.807) is 0 Å². The van der Waals surface area contributed by atoms with Crippen molar-refractivity contribution >= 4 is 18.0 Å². The van der Waals surface area contributed by atoms with Crippen molar-refractivity contribution in [3.8, 4) is 0 Å². The molecular formula is C9H11N5S. The first-order valence-electron chi connectivity index (χ1n) is 4.46. The third-order valence-electron chi connectivity index (χ3n) is 2.00. The Hall–Kier alpha value is -1.66. The molecule has 0 atom stereocenters. The zero-order chi connectivity index (χ0) is 10.7. The van der Waals surface area contributed by atoms with Crippen LogP contribution >= 0.6 is 12.2 Å². The molecule has 4 N–H and O–H groups in total. The SMILES string of the molecule is NN(Cc1ccccc1)c1n[nH][nH]c1=S. The van der Waals surface area contributed by atoms with Gasteiger partial charge in [0.1, 0.15) is 0 Å². The van der Waals surface area contributed by atoms with Crippen molar-refractivity contribution in [1.82, 2.24) is 15.4 Å². The lowest BCUT2D eigenvalue weighted by Gasteiger charge is -2.14. The van der Waals surface area contributed by atoms with Gasteiger partial charge in [0.25, 0.3) is 0 Å². The molecular weight excluding hydrogens is 210 g/mol. The first-order chi connectivity index (χ1) is 7.27. The second kappa shape index (κ2) is 4.24. The third kappa shape index (κ3) is 2.23. The molecule has 1 aromatic heterocycles. The average molecular weight is 221 g/mol. The Labute approximate surface area is 91.9 Å². The Morgan fingerprint density at radius 1 is 1.33 bits per heavy atom. The van der Waals surface area contributed by atoms with Gasteiger partial charge in [-0.05, 0) is 5.56 Å². The predicted octanol–water partition coefficient (Wildman–Crippen LogP) is 1.35. The number of nitrogens with zero attached hydrogens (tertiary/aromatic N) is 2. The quantitative estimate of drug-likeness (QED) is 0.415. The number of nitrogens with two attached hydrogens (primary N) is 1. The van der Waals surface area contributed by atoms with Crippen molar-refractivity contribution in [2.24, 2.45) is 5.84 Å². The van der Waals surface area contributed by atoms with Crippen molar-refractivity contribution < 1.29 is 0 Å². The van der Waals surface area contributed by atoms with Crippen LogP contribution in [0.2, 0.25) is 0 Å². The van der Waals surface area contributed by atoms with E-state index in [1.165, 1.54) is 5.01 Å². The minimum atomic E-state index is 0.508. The molecule has 1 aromatic carbocycles. The lowest BCUT2D eigenvalue weighted by Crippen LogP contribution is -2.30. The molecule has 0 bridgehead atoms. The molecule has 0 aliphatic carbocycles. The highest BCUT2D eigenvalue weighted by Gasteiger charge is 2.06. The van der Waals surface area contributed by atoms with Crippen molar-refractivity contribution in [1.29, 1.82) is 0 Å². The lowest BCUT2D eigenvalue weighted by molar-refractivity contribution is 0.821. The van der Waals surface area contributed by atoms with Crippen LogP contribution in [0.25, 0.3) is 0 Å². The van der Waals surface area contributed by atoms with Gasteiger partial charge in [-0.2, -0.15) is 0 Å². The number of rotatable bonds is 3. The van der Waals surface area contributed by atoms with Crippen molar-refractivity contribution in [3.63, 3.8) is 0 Å². The maximum atomic E-state index is 5.84. The predicted molar refractivity (Wildman–Crippen MR) is 60.6 cm³/mol. The lowest BCUT2D eigenvalue weighted by atomic mass is 10.2. The number of hydrogen-bond donors (Lipinski definition) is 3. The smallest absolute Gasteiger partial charge is 0.201 e. The fourth-order valence-corrected chi connectivity index (χ4v) is 1.50. The van der Waals surface area contributed by atoms with E-state index in [2.05, 4.69) is 15.4 Å². The first kappa shape index (κ1) is 9.88. The number of aromatic nitrogens is 3. The third-order valence-corrected chi connectivity index (χ3v) is 2.29. The Balaban J connectivity index is 2.14. The fourth-order valence-electron chi connectivity index (χ4n) is 1.29. The van der Waals surface area contributed by atoms with Crippen LogP contribution < -0.4 is 10.9 Å². The van der Waals surface area contributed by atoms with E-state index in [9.17, 15) is 0 Å². The molecule has 15 heavy (non-hydrogen) atoms. The van der Waals surface area contributed by atoms with E-state index in [0.717, 1.165) is 5.56 Å². The standard InChI is InChI=1S/C9H11N5S/c10-14(8-9(15)12-13-11-8)6-7-4-2-1-3-5-7/h1-5H,6,10H2,(H2,11,12,13,15). The van der Waals surface area contributed by atoms with Crippen LogP contribution in [0.3, 0.4) is 0 Å². The van der Waals surface area contributed by atoms with Gasteiger partial charge in [-0.15, -0.1) is 5.10 Å². The summed E-state index contributed by atoms with van der Waals surface area (Å²) in [5.74, 6) is 6.39. The molecule has 0 radical (unpaired) electrons. The van der Waals surface area contributed by atoms with Gasteiger partial charge < -0.3 is 0 Å². The van der Waals surface area contributed by atoms with E-state index in [0.29, 0.717) is 17.0 Å². The van der Waals surface area contributed by atoms with Crippen molar-refractivity contribution in [2.45, 2.75) is 6.54 Å². The monoisotopic (exact) mass is 221 g/mol. The van der Waals surface area contributed by atoms with Crippen LogP contribution in [-0.2, 0) is 6.54 Å². The van der Waals surface area contributed by atoms with Crippen molar-refractivity contribution in [2.75, 3.05) is 5.01 Å². The number of aromatic amines is 2. The van der Waals surface area contributed by atoms with Crippen LogP contribution in [0, 0.1) is 4.64 Å². The molecule has 0 aliphatic heterocycles. The number of nitrogens with one attached hydrogen (secondary N) is 2. The molecule has 0 fully saturated rings. The van der Waals surface area contributed by atoms with E-state index in [-0.39, 0.29) is 0 Å². The normalized spacial score (nSPS) is 10.2. The Morgan fingerprint density at radius 2 is 2.07 bits per heavy atom. The van der Waals surface area contributed by atoms with Gasteiger partial charge in [0.2, 0.25) is 5.82 Å². The molecule has 6 heteroatoms. The Kier molecular flexibility index (Phi) is 2.79. The summed E-state index contributed by atoms with van der Waals surface area (Å²) in [5.41, 5.74) is 1.11. The summed E-state index contributed by atoms with van der Waals surface area (Å²) in [6, 6.07) is 9.90. The van der Waals surface area contributed by atoms with Crippen LogP contribution in [0.4, 0.5) is 5.82 Å². The summed E-state index contributed by atoms with van der Waals surface area (Å²) < 4.78 is 0.508. The van der Waals surface area contributed by atoms with Gasteiger partial charge in [-0.25, -0.2) is 11.1 Å². The van der Waals surface area contributed by atoms with Crippen LogP contribution in [-0.4, -0.2) is 15.4 Å². The highest BCUT2D eigenvalue weighted by molar-refractivity contribution is 7.71. The van der Waals surface area contributed by atoms with Crippen LogP contribution in [0.5, 0.6) is 0 Å². The molecule has 2 rings (SSSR count). The molecule has 0 saturated heterocycles. The van der Waals surface area contributed by atoms with Gasteiger partial charge in [0, 0.05) is 0 Å². The molecule has 0 amide bonds. The molecule has 0 spiro atoms. The van der Waals surface area contributed by atoms with Crippen LogP contribution in [0.1, 0.15) is 5.56 Å². The number of benzene rings is 1. The molecule has 1 heterocycles. The number of anilines is 1. The summed E-state index contributed by atoms with van der Waals surface area (Å²) in [4.78, 5) is 0. The van der Waals surface area contributed by atoms with E-state index in [1.807, 2.05) is 30.3 Å². The van der Waals surface area contributed by atoms with Gasteiger partial charge in [0.05, 0.1) is 6.54 Å². The Bertz CT molecular complexity index is 475. The zero-order valence-electron chi connectivity index (χ0n) is 7.97. The van der Waals surface area contributed by atoms with E-state index >= 15 is 0 Å². The van der Waals surface area contributed by atoms with Gasteiger partial charge in [0.15, 0.2) is 4.64 Å². The number of H-pyrrole nitrogens is 2. The minimum absolute atomic E-state index is 0.508. The zero-order valence-corrected chi connectivity index (χ0v) is 8.79. The maximum Gasteiger partial charge on any atom is 0.201 e. The molecule has 0 unspecified atom stereocenters. The second-order valence-corrected chi connectivity index (χ2v) is 3.52. The number of hydrazine groups is 1. The topological polar surface area (TPSA) is 73.7 Å². The highest BCUT2D eigenvalue weighted by atomic mass is 32.1. The largest absolute Gasteiger partial charge is 0.286 e. The second-order valence-electron chi connectivity index (χ2n) is 3.11. The van der Waals surface area contributed by atoms with E-state index < -0.39 is 0 Å². The molecule has 78 valence electrons. The fraction of sp³-hybridized carbons (Fsp3) is 0.111. The van der Waals surface area contributed by atoms with Crippen LogP contribution in [0.15, 0.2) is 30.3 Å². The minimum Gasteiger partial charge on any atom is -0.286 e. The Morgan fingerprint density at radius 3 is 2.67 bits per heavy atom. The summed E-state index contributed by atoms with van der Waals surface area (Å²) in [6.45, 7) is 0.573. The summed E-state index contributed by atoms with van der Waals surface area (Å²) >= 11 is 5.01. The molecule has 0 saturated carbocycles. The van der Waals surface area contributed by atoms with Gasteiger partial charge in [-0.3, -0.25) is 10.1 Å². The van der Waals surface area contributed by atoms with Crippen molar-refractivity contribution in [3.05, 3.63) is 40.5 Å². The number of hydrogen-bond acceptors (Lipinski definition) is 4. The van der Waals surface area contributed by atoms with E-state index in [4.69, 9.17) is 18.1 Å². The summed E-state index contributed by atoms with van der Waals surface area (Å²) in [6.07, 6.45) is 0. The maximum absolute atomic E-state index is 5.84. The summed E-state index contributed by atoms with van der Waals surface area (Å²) in [7, 11) is 0. The molecule has 5 nitrogen and oxygen atoms in total. The van der Waals surface area contributed by atoms with Gasteiger partial charge in [-0.1, -0.05) is 42.5 Å². The molecule has 0 aliphatic rings. The first-order valence-corrected chi connectivity index (χ1v) is 4.87. The highest BCUT2D eigenvalue weighted by Crippen LogP contribution is 2.09. The molecule has 2 aromatic rings. The summed E-state index contributed by atoms with van der Waals surface area (Å²) in [5, 5.41) is 10.7. The van der Waals surface area contributed by atoms with Gasteiger partial charge >= 0.3 is 0 Å². The average Bonchev–Trinajstić information content (AvgIpc) is 2.66.